The summed E-state index contributed by atoms with van der Waals surface area (Å²) in [6.07, 6.45) is -0.271. The second-order valence-corrected chi connectivity index (χ2v) is 4.62. The molecular formula is C12H15F2NO. The van der Waals surface area contributed by atoms with Crippen LogP contribution in [0.1, 0.15) is 23.1 Å². The second-order valence-electron chi connectivity index (χ2n) is 4.62. The minimum absolute atomic E-state index is 0.0780. The highest BCUT2D eigenvalue weighted by Crippen LogP contribution is 2.62. The fourth-order valence-corrected chi connectivity index (χ4v) is 2.14. The van der Waals surface area contributed by atoms with Crippen molar-refractivity contribution in [1.29, 1.82) is 0 Å². The summed E-state index contributed by atoms with van der Waals surface area (Å²) in [7, 11) is 0. The van der Waals surface area contributed by atoms with Gasteiger partial charge in [0.2, 0.25) is 0 Å². The Bertz CT molecular complexity index is 445. The molecule has 0 aliphatic heterocycles. The monoisotopic (exact) mass is 227 g/mol. The molecule has 1 unspecified atom stereocenters. The number of aromatic hydroxyl groups is 1. The van der Waals surface area contributed by atoms with Crippen LogP contribution in [-0.4, -0.2) is 17.6 Å². The summed E-state index contributed by atoms with van der Waals surface area (Å²) in [4.78, 5) is 0. The summed E-state index contributed by atoms with van der Waals surface area (Å²) in [5, 5.41) is 9.77. The number of hydrogen-bond donors (Lipinski definition) is 2. The summed E-state index contributed by atoms with van der Waals surface area (Å²) >= 11 is 0. The highest BCUT2D eigenvalue weighted by Gasteiger charge is 2.71. The number of hydrogen-bond acceptors (Lipinski definition) is 2. The van der Waals surface area contributed by atoms with Crippen LogP contribution in [0, 0.1) is 13.8 Å². The first-order valence-corrected chi connectivity index (χ1v) is 5.23. The third-order valence-corrected chi connectivity index (χ3v) is 3.57. The highest BCUT2D eigenvalue weighted by atomic mass is 19.3. The van der Waals surface area contributed by atoms with Gasteiger partial charge in [-0.15, -0.1) is 0 Å². The van der Waals surface area contributed by atoms with Crippen LogP contribution in [-0.2, 0) is 5.41 Å². The lowest BCUT2D eigenvalue weighted by Crippen LogP contribution is -2.27. The molecule has 1 aliphatic carbocycles. The van der Waals surface area contributed by atoms with Gasteiger partial charge in [-0.2, -0.15) is 0 Å². The van der Waals surface area contributed by atoms with E-state index in [2.05, 4.69) is 0 Å². The molecule has 0 aromatic heterocycles. The summed E-state index contributed by atoms with van der Waals surface area (Å²) in [5.41, 5.74) is 6.15. The lowest BCUT2D eigenvalue weighted by molar-refractivity contribution is 0.0889. The van der Waals surface area contributed by atoms with E-state index in [4.69, 9.17) is 5.73 Å². The average Bonchev–Trinajstić information content (AvgIpc) is 2.76. The molecule has 1 aromatic carbocycles. The van der Waals surface area contributed by atoms with Crippen molar-refractivity contribution in [2.24, 2.45) is 5.73 Å². The molecule has 1 fully saturated rings. The molecule has 88 valence electrons. The van der Waals surface area contributed by atoms with E-state index in [9.17, 15) is 13.9 Å². The fraction of sp³-hybridized carbons (Fsp3) is 0.500. The van der Waals surface area contributed by atoms with Gasteiger partial charge in [-0.25, -0.2) is 8.78 Å². The Hall–Kier alpha value is -1.16. The van der Waals surface area contributed by atoms with Crippen LogP contribution in [0.15, 0.2) is 12.1 Å². The molecular weight excluding hydrogens is 212 g/mol. The fourth-order valence-electron chi connectivity index (χ4n) is 2.14. The van der Waals surface area contributed by atoms with E-state index in [1.165, 1.54) is 6.07 Å². The maximum absolute atomic E-state index is 13.4. The topological polar surface area (TPSA) is 46.2 Å². The molecule has 1 aliphatic rings. The average molecular weight is 227 g/mol. The van der Waals surface area contributed by atoms with E-state index >= 15 is 0 Å². The Morgan fingerprint density at radius 2 is 1.81 bits per heavy atom. The van der Waals surface area contributed by atoms with Gasteiger partial charge >= 0.3 is 0 Å². The summed E-state index contributed by atoms with van der Waals surface area (Å²) in [6.45, 7) is 3.53. The van der Waals surface area contributed by atoms with Crippen molar-refractivity contribution in [2.45, 2.75) is 31.6 Å². The van der Waals surface area contributed by atoms with Crippen LogP contribution in [0.3, 0.4) is 0 Å². The van der Waals surface area contributed by atoms with Crippen LogP contribution >= 0.6 is 0 Å². The number of benzene rings is 1. The van der Waals surface area contributed by atoms with Crippen molar-refractivity contribution >= 4 is 0 Å². The molecule has 0 spiro atoms. The minimum atomic E-state index is -2.79. The van der Waals surface area contributed by atoms with E-state index in [1.807, 2.05) is 13.8 Å². The molecule has 1 atom stereocenters. The van der Waals surface area contributed by atoms with E-state index < -0.39 is 11.3 Å². The van der Waals surface area contributed by atoms with Gasteiger partial charge in [0.25, 0.3) is 5.92 Å². The molecule has 1 saturated carbocycles. The summed E-state index contributed by atoms with van der Waals surface area (Å²) < 4.78 is 26.7. The van der Waals surface area contributed by atoms with E-state index in [1.54, 1.807) is 6.07 Å². The SMILES string of the molecule is Cc1cc(O)c(C2(CN)CC2(F)F)cc1C. The number of alkyl halides is 2. The standard InChI is InChI=1S/C12H15F2NO/c1-7-3-9(10(16)4-8(7)2)11(6-15)5-12(11,13)14/h3-4,16H,5-6,15H2,1-2H3. The molecule has 2 rings (SSSR count). The van der Waals surface area contributed by atoms with Crippen LogP contribution < -0.4 is 5.73 Å². The molecule has 16 heavy (non-hydrogen) atoms. The third-order valence-electron chi connectivity index (χ3n) is 3.57. The van der Waals surface area contributed by atoms with E-state index in [-0.39, 0.29) is 24.3 Å². The Labute approximate surface area is 93.1 Å². The van der Waals surface area contributed by atoms with Crippen molar-refractivity contribution in [1.82, 2.24) is 0 Å². The van der Waals surface area contributed by atoms with Gasteiger partial charge in [-0.05, 0) is 31.0 Å². The van der Waals surface area contributed by atoms with Gasteiger partial charge in [0, 0.05) is 18.5 Å². The van der Waals surface area contributed by atoms with Gasteiger partial charge in [-0.1, -0.05) is 6.07 Å². The molecule has 3 N–H and O–H groups in total. The first-order chi connectivity index (χ1) is 7.34. The Kier molecular flexibility index (Phi) is 2.24. The van der Waals surface area contributed by atoms with Crippen LogP contribution in [0.2, 0.25) is 0 Å². The van der Waals surface area contributed by atoms with Crippen molar-refractivity contribution in [3.05, 3.63) is 28.8 Å². The Morgan fingerprint density at radius 3 is 2.25 bits per heavy atom. The minimum Gasteiger partial charge on any atom is -0.508 e. The normalized spacial score (nSPS) is 26.8. The van der Waals surface area contributed by atoms with Crippen LogP contribution in [0.4, 0.5) is 8.78 Å². The quantitative estimate of drug-likeness (QED) is 0.814. The number of nitrogens with two attached hydrogens (primary N) is 1. The summed E-state index contributed by atoms with van der Waals surface area (Å²) in [5.74, 6) is -2.87. The molecule has 1 aromatic rings. The molecule has 0 radical (unpaired) electrons. The molecule has 4 heteroatoms. The zero-order valence-electron chi connectivity index (χ0n) is 9.35. The first-order valence-electron chi connectivity index (χ1n) is 5.23. The highest BCUT2D eigenvalue weighted by molar-refractivity contribution is 5.50. The van der Waals surface area contributed by atoms with Gasteiger partial charge < -0.3 is 10.8 Å². The lowest BCUT2D eigenvalue weighted by atomic mass is 9.91. The zero-order chi connectivity index (χ0) is 12.1. The Balaban J connectivity index is 2.53. The van der Waals surface area contributed by atoms with E-state index in [0.29, 0.717) is 0 Å². The van der Waals surface area contributed by atoms with Gasteiger partial charge in [-0.3, -0.25) is 0 Å². The largest absolute Gasteiger partial charge is 0.508 e. The van der Waals surface area contributed by atoms with Crippen molar-refractivity contribution < 1.29 is 13.9 Å². The smallest absolute Gasteiger partial charge is 0.260 e. The van der Waals surface area contributed by atoms with Crippen LogP contribution in [0.5, 0.6) is 5.75 Å². The number of halogens is 2. The molecule has 0 bridgehead atoms. The van der Waals surface area contributed by atoms with Gasteiger partial charge in [0.15, 0.2) is 0 Å². The molecule has 2 nitrogen and oxygen atoms in total. The maximum Gasteiger partial charge on any atom is 0.260 e. The van der Waals surface area contributed by atoms with Crippen molar-refractivity contribution in [3.8, 4) is 5.75 Å². The Morgan fingerprint density at radius 1 is 1.31 bits per heavy atom. The third kappa shape index (κ3) is 1.33. The number of phenolic OH excluding ortho intramolecular Hbond substituents is 1. The van der Waals surface area contributed by atoms with Gasteiger partial charge in [0.1, 0.15) is 5.75 Å². The molecule has 0 heterocycles. The number of aryl methyl sites for hydroxylation is 2. The van der Waals surface area contributed by atoms with Crippen molar-refractivity contribution in [3.63, 3.8) is 0 Å². The molecule has 0 amide bonds. The second kappa shape index (κ2) is 3.17. The summed E-state index contributed by atoms with van der Waals surface area (Å²) in [6, 6.07) is 3.15. The maximum atomic E-state index is 13.4. The molecule has 0 saturated heterocycles. The number of phenols is 1. The predicted molar refractivity (Wildman–Crippen MR) is 57.9 cm³/mol. The predicted octanol–water partition coefficient (Wildman–Crippen LogP) is 2.24. The lowest BCUT2D eigenvalue weighted by Gasteiger charge is -2.17. The number of rotatable bonds is 2. The van der Waals surface area contributed by atoms with Gasteiger partial charge in [0.05, 0.1) is 5.41 Å². The van der Waals surface area contributed by atoms with Crippen LogP contribution in [0.25, 0.3) is 0 Å². The first kappa shape index (κ1) is 11.3. The van der Waals surface area contributed by atoms with E-state index in [0.717, 1.165) is 11.1 Å². The zero-order valence-corrected chi connectivity index (χ0v) is 9.35. The van der Waals surface area contributed by atoms with Crippen molar-refractivity contribution in [2.75, 3.05) is 6.54 Å².